The van der Waals surface area contributed by atoms with Crippen LogP contribution < -0.4 is 0 Å². The summed E-state index contributed by atoms with van der Waals surface area (Å²) in [6.07, 6.45) is 7.00. The Labute approximate surface area is 138 Å². The first-order valence-corrected chi connectivity index (χ1v) is 8.57. The van der Waals surface area contributed by atoms with Crippen molar-refractivity contribution in [2.75, 3.05) is 0 Å². The van der Waals surface area contributed by atoms with Gasteiger partial charge in [-0.15, -0.1) is 0 Å². The van der Waals surface area contributed by atoms with E-state index in [2.05, 4.69) is 26.8 Å². The lowest BCUT2D eigenvalue weighted by Gasteiger charge is -2.52. The lowest BCUT2D eigenvalue weighted by Crippen LogP contribution is -2.47. The number of ketones is 2. The number of allylic oxidation sites excluding steroid dienone is 5. The summed E-state index contributed by atoms with van der Waals surface area (Å²) >= 11 is 0. The molecule has 2 atom stereocenters. The van der Waals surface area contributed by atoms with E-state index in [0.717, 1.165) is 19.3 Å². The molecule has 0 radical (unpaired) electrons. The van der Waals surface area contributed by atoms with Crippen LogP contribution >= 0.6 is 0 Å². The van der Waals surface area contributed by atoms with Crippen molar-refractivity contribution < 1.29 is 14.7 Å². The van der Waals surface area contributed by atoms with Gasteiger partial charge < -0.3 is 5.11 Å². The van der Waals surface area contributed by atoms with Gasteiger partial charge in [-0.05, 0) is 30.1 Å². The van der Waals surface area contributed by atoms with Crippen molar-refractivity contribution in [3.05, 3.63) is 34.6 Å². The van der Waals surface area contributed by atoms with E-state index in [-0.39, 0.29) is 45.6 Å². The van der Waals surface area contributed by atoms with Crippen LogP contribution in [0.2, 0.25) is 0 Å². The van der Waals surface area contributed by atoms with E-state index in [9.17, 15) is 14.7 Å². The normalized spacial score (nSPS) is 33.2. The number of aliphatic hydroxyl groups excluding tert-OH is 1. The van der Waals surface area contributed by atoms with Gasteiger partial charge in [-0.2, -0.15) is 0 Å². The fourth-order valence-corrected chi connectivity index (χ4v) is 5.02. The molecule has 0 aromatic heterocycles. The minimum absolute atomic E-state index is 0.0863. The molecule has 3 aliphatic carbocycles. The van der Waals surface area contributed by atoms with Crippen LogP contribution in [0.3, 0.4) is 0 Å². The highest BCUT2D eigenvalue weighted by atomic mass is 16.3. The van der Waals surface area contributed by atoms with Gasteiger partial charge in [0.1, 0.15) is 0 Å². The number of hydrogen-bond acceptors (Lipinski definition) is 3. The minimum atomic E-state index is -0.366. The molecule has 0 spiro atoms. The Hall–Kier alpha value is -1.64. The van der Waals surface area contributed by atoms with Gasteiger partial charge in [0.15, 0.2) is 11.5 Å². The molecule has 3 nitrogen and oxygen atoms in total. The number of Topliss-reactive ketones (excluding diaryl/α,β-unsaturated/α-hetero) is 2. The molecule has 0 heterocycles. The van der Waals surface area contributed by atoms with Crippen LogP contribution in [0.4, 0.5) is 0 Å². The Bertz CT molecular complexity index is 688. The molecule has 3 aliphatic rings. The molecule has 3 rings (SSSR count). The van der Waals surface area contributed by atoms with Gasteiger partial charge in [0.05, 0.1) is 0 Å². The largest absolute Gasteiger partial charge is 0.504 e. The minimum Gasteiger partial charge on any atom is -0.504 e. The summed E-state index contributed by atoms with van der Waals surface area (Å²) in [5, 5.41) is 10.4. The predicted molar refractivity (Wildman–Crippen MR) is 89.9 cm³/mol. The average molecular weight is 314 g/mol. The number of aliphatic hydroxyl groups is 1. The lowest BCUT2D eigenvalue weighted by molar-refractivity contribution is -0.120. The SMILES string of the molecule is CC(C)C1=C(O)C(=O)C2=C(C=C[C@H]3C(C)(C)CCC[C@]23C)C1=O. The zero-order valence-electron chi connectivity index (χ0n) is 14.7. The Morgan fingerprint density at radius 1 is 1.13 bits per heavy atom. The Morgan fingerprint density at radius 3 is 2.39 bits per heavy atom. The first-order valence-electron chi connectivity index (χ1n) is 8.57. The first kappa shape index (κ1) is 16.2. The second-order valence-corrected chi connectivity index (χ2v) is 8.46. The summed E-state index contributed by atoms with van der Waals surface area (Å²) in [5.41, 5.74) is 1.03. The maximum absolute atomic E-state index is 12.9. The number of rotatable bonds is 1. The van der Waals surface area contributed by atoms with E-state index in [1.807, 2.05) is 19.9 Å². The van der Waals surface area contributed by atoms with E-state index in [4.69, 9.17) is 0 Å². The Balaban J connectivity index is 2.18. The molecule has 0 amide bonds. The van der Waals surface area contributed by atoms with Crippen LogP contribution in [0.25, 0.3) is 0 Å². The molecule has 0 saturated heterocycles. The number of carbonyl (C=O) groups is 2. The fourth-order valence-electron chi connectivity index (χ4n) is 5.02. The summed E-state index contributed by atoms with van der Waals surface area (Å²) < 4.78 is 0. The molecular formula is C20H26O3. The van der Waals surface area contributed by atoms with Crippen molar-refractivity contribution in [3.63, 3.8) is 0 Å². The maximum atomic E-state index is 12.9. The van der Waals surface area contributed by atoms with Crippen molar-refractivity contribution in [2.45, 2.75) is 53.9 Å². The molecule has 0 aromatic rings. The summed E-state index contributed by atoms with van der Waals surface area (Å²) in [7, 11) is 0. The number of fused-ring (bicyclic) bond motifs is 2. The van der Waals surface area contributed by atoms with Crippen molar-refractivity contribution in [1.29, 1.82) is 0 Å². The topological polar surface area (TPSA) is 54.4 Å². The van der Waals surface area contributed by atoms with Crippen LogP contribution in [-0.2, 0) is 9.59 Å². The van der Waals surface area contributed by atoms with Gasteiger partial charge in [-0.3, -0.25) is 9.59 Å². The van der Waals surface area contributed by atoms with Crippen LogP contribution in [-0.4, -0.2) is 16.7 Å². The van der Waals surface area contributed by atoms with Gasteiger partial charge in [0.25, 0.3) is 0 Å². The lowest BCUT2D eigenvalue weighted by atomic mass is 9.50. The molecule has 0 aliphatic heterocycles. The molecule has 3 heteroatoms. The van der Waals surface area contributed by atoms with E-state index in [1.54, 1.807) is 0 Å². The highest BCUT2D eigenvalue weighted by Crippen LogP contribution is 2.58. The third-order valence-electron chi connectivity index (χ3n) is 6.11. The van der Waals surface area contributed by atoms with E-state index < -0.39 is 0 Å². The third kappa shape index (κ3) is 2.09. The Kier molecular flexibility index (Phi) is 3.48. The highest BCUT2D eigenvalue weighted by Gasteiger charge is 2.53. The Morgan fingerprint density at radius 2 is 1.78 bits per heavy atom. The van der Waals surface area contributed by atoms with Crippen LogP contribution in [0.15, 0.2) is 34.6 Å². The summed E-state index contributed by atoms with van der Waals surface area (Å²) in [4.78, 5) is 25.8. The third-order valence-corrected chi connectivity index (χ3v) is 6.11. The van der Waals surface area contributed by atoms with Crippen molar-refractivity contribution in [2.24, 2.45) is 22.7 Å². The van der Waals surface area contributed by atoms with Crippen molar-refractivity contribution >= 4 is 11.6 Å². The first-order chi connectivity index (χ1) is 10.6. The second-order valence-electron chi connectivity index (χ2n) is 8.46. The van der Waals surface area contributed by atoms with Crippen molar-refractivity contribution in [3.8, 4) is 0 Å². The highest BCUT2D eigenvalue weighted by molar-refractivity contribution is 6.26. The van der Waals surface area contributed by atoms with Crippen LogP contribution in [0.1, 0.15) is 53.9 Å². The average Bonchev–Trinajstić information content (AvgIpc) is 2.43. The van der Waals surface area contributed by atoms with Gasteiger partial charge in [0, 0.05) is 22.1 Å². The molecule has 1 fully saturated rings. The molecule has 124 valence electrons. The monoisotopic (exact) mass is 314 g/mol. The molecule has 0 unspecified atom stereocenters. The molecule has 1 N–H and O–H groups in total. The summed E-state index contributed by atoms with van der Waals surface area (Å²) in [6, 6.07) is 0. The zero-order chi connectivity index (χ0) is 17.2. The number of hydrogen-bond donors (Lipinski definition) is 1. The molecule has 0 aromatic carbocycles. The van der Waals surface area contributed by atoms with Crippen molar-refractivity contribution in [1.82, 2.24) is 0 Å². The second kappa shape index (κ2) is 4.93. The van der Waals surface area contributed by atoms with Crippen LogP contribution in [0, 0.1) is 22.7 Å². The van der Waals surface area contributed by atoms with Gasteiger partial charge in [0.2, 0.25) is 5.78 Å². The zero-order valence-corrected chi connectivity index (χ0v) is 14.7. The molecule has 0 bridgehead atoms. The maximum Gasteiger partial charge on any atom is 0.225 e. The van der Waals surface area contributed by atoms with E-state index in [0.29, 0.717) is 11.1 Å². The fraction of sp³-hybridized carbons (Fsp3) is 0.600. The number of carbonyl (C=O) groups excluding carboxylic acids is 2. The van der Waals surface area contributed by atoms with E-state index in [1.165, 1.54) is 0 Å². The predicted octanol–water partition coefficient (Wildman–Crippen LogP) is 4.31. The molecule has 1 saturated carbocycles. The quantitative estimate of drug-likeness (QED) is 0.734. The molecular weight excluding hydrogens is 288 g/mol. The smallest absolute Gasteiger partial charge is 0.225 e. The standard InChI is InChI=1S/C20H26O3/c1-11(2)14-16(21)12-7-8-13-19(3,4)9-6-10-20(13,5)15(12)18(23)17(14)22/h7-8,11,13,22H,6,9-10H2,1-5H3/t13-,20-/m0/s1. The summed E-state index contributed by atoms with van der Waals surface area (Å²) in [6.45, 7) is 10.2. The molecule has 23 heavy (non-hydrogen) atoms. The van der Waals surface area contributed by atoms with Crippen LogP contribution in [0.5, 0.6) is 0 Å². The van der Waals surface area contributed by atoms with Gasteiger partial charge in [-0.1, -0.05) is 53.2 Å². The van der Waals surface area contributed by atoms with E-state index >= 15 is 0 Å². The van der Waals surface area contributed by atoms with Gasteiger partial charge >= 0.3 is 0 Å². The van der Waals surface area contributed by atoms with Gasteiger partial charge in [-0.25, -0.2) is 0 Å². The summed E-state index contributed by atoms with van der Waals surface area (Å²) in [5.74, 6) is -0.790.